The van der Waals surface area contributed by atoms with Crippen LogP contribution < -0.4 is 5.32 Å². The van der Waals surface area contributed by atoms with E-state index < -0.39 is 0 Å². The van der Waals surface area contributed by atoms with E-state index in [9.17, 15) is 4.79 Å². The van der Waals surface area contributed by atoms with Gasteiger partial charge in [-0.05, 0) is 13.8 Å². The van der Waals surface area contributed by atoms with Crippen LogP contribution in [0.5, 0.6) is 0 Å². The van der Waals surface area contributed by atoms with Gasteiger partial charge in [0.15, 0.2) is 0 Å². The van der Waals surface area contributed by atoms with Gasteiger partial charge < -0.3 is 15.1 Å². The third-order valence-corrected chi connectivity index (χ3v) is 3.70. The highest BCUT2D eigenvalue weighted by molar-refractivity contribution is 5.74. The summed E-state index contributed by atoms with van der Waals surface area (Å²) in [5, 5.41) is 3.27. The predicted octanol–water partition coefficient (Wildman–Crippen LogP) is 0.0376. The molecule has 0 aromatic carbocycles. The molecular formula is C12H24N4O. The Morgan fingerprint density at radius 3 is 2.00 bits per heavy atom. The van der Waals surface area contributed by atoms with E-state index in [1.54, 1.807) is 0 Å². The van der Waals surface area contributed by atoms with Crippen LogP contribution in [0.1, 0.15) is 13.8 Å². The van der Waals surface area contributed by atoms with Gasteiger partial charge in [-0.25, -0.2) is 4.79 Å². The lowest BCUT2D eigenvalue weighted by atomic mass is 10.2. The third kappa shape index (κ3) is 3.10. The molecule has 0 saturated carbocycles. The van der Waals surface area contributed by atoms with Crippen LogP contribution in [0.15, 0.2) is 0 Å². The fraction of sp³-hybridized carbons (Fsp3) is 0.917. The number of rotatable bonds is 1. The number of nitrogens with zero attached hydrogens (tertiary/aromatic N) is 3. The molecule has 17 heavy (non-hydrogen) atoms. The molecule has 98 valence electrons. The van der Waals surface area contributed by atoms with Crippen LogP contribution >= 0.6 is 0 Å². The number of carbonyl (C=O) groups is 1. The van der Waals surface area contributed by atoms with Crippen LogP contribution in [0.3, 0.4) is 0 Å². The molecule has 5 heteroatoms. The van der Waals surface area contributed by atoms with Gasteiger partial charge in [-0.3, -0.25) is 4.90 Å². The van der Waals surface area contributed by atoms with E-state index in [2.05, 4.69) is 24.1 Å². The zero-order valence-electron chi connectivity index (χ0n) is 11.0. The topological polar surface area (TPSA) is 38.8 Å². The molecular weight excluding hydrogens is 216 g/mol. The van der Waals surface area contributed by atoms with Crippen molar-refractivity contribution in [2.24, 2.45) is 0 Å². The predicted molar refractivity (Wildman–Crippen MR) is 68.1 cm³/mol. The van der Waals surface area contributed by atoms with Gasteiger partial charge in [-0.2, -0.15) is 0 Å². The first-order chi connectivity index (χ1) is 8.18. The molecule has 5 nitrogen and oxygen atoms in total. The first-order valence-corrected chi connectivity index (χ1v) is 6.67. The van der Waals surface area contributed by atoms with E-state index in [-0.39, 0.29) is 6.03 Å². The molecule has 2 amide bonds. The van der Waals surface area contributed by atoms with Crippen LogP contribution in [0.25, 0.3) is 0 Å². The smallest absolute Gasteiger partial charge is 0.320 e. The Bertz CT molecular complexity index is 255. The molecule has 0 bridgehead atoms. The van der Waals surface area contributed by atoms with Crippen molar-refractivity contribution in [3.05, 3.63) is 0 Å². The molecule has 0 aromatic heterocycles. The number of nitrogens with one attached hydrogen (secondary N) is 1. The Morgan fingerprint density at radius 2 is 1.47 bits per heavy atom. The molecule has 2 rings (SSSR count). The summed E-state index contributed by atoms with van der Waals surface area (Å²) in [5.74, 6) is 0. The summed E-state index contributed by atoms with van der Waals surface area (Å²) in [6.07, 6.45) is 0. The summed E-state index contributed by atoms with van der Waals surface area (Å²) in [7, 11) is 0. The largest absolute Gasteiger partial charge is 0.322 e. The van der Waals surface area contributed by atoms with Gasteiger partial charge in [0, 0.05) is 58.4 Å². The third-order valence-electron chi connectivity index (χ3n) is 3.70. The van der Waals surface area contributed by atoms with E-state index in [1.807, 2.05) is 9.80 Å². The van der Waals surface area contributed by atoms with Gasteiger partial charge in [-0.15, -0.1) is 0 Å². The second kappa shape index (κ2) is 5.69. The van der Waals surface area contributed by atoms with Gasteiger partial charge >= 0.3 is 6.03 Å². The fourth-order valence-electron chi connectivity index (χ4n) is 2.49. The average Bonchev–Trinajstić information content (AvgIpc) is 2.39. The van der Waals surface area contributed by atoms with Crippen molar-refractivity contribution >= 4 is 6.03 Å². The van der Waals surface area contributed by atoms with Gasteiger partial charge in [0.2, 0.25) is 0 Å². The molecule has 2 fully saturated rings. The summed E-state index contributed by atoms with van der Waals surface area (Å²) in [5.41, 5.74) is 0. The molecule has 0 spiro atoms. The monoisotopic (exact) mass is 240 g/mol. The van der Waals surface area contributed by atoms with Gasteiger partial charge in [0.25, 0.3) is 0 Å². The molecule has 2 heterocycles. The Hall–Kier alpha value is -0.810. The Kier molecular flexibility index (Phi) is 4.23. The molecule has 0 radical (unpaired) electrons. The van der Waals surface area contributed by atoms with Crippen molar-refractivity contribution in [1.82, 2.24) is 20.0 Å². The average molecular weight is 240 g/mol. The van der Waals surface area contributed by atoms with Crippen molar-refractivity contribution in [3.63, 3.8) is 0 Å². The molecule has 2 aliphatic heterocycles. The lowest BCUT2D eigenvalue weighted by Gasteiger charge is -2.40. The minimum Gasteiger partial charge on any atom is -0.322 e. The van der Waals surface area contributed by atoms with Crippen molar-refractivity contribution < 1.29 is 4.79 Å². The van der Waals surface area contributed by atoms with E-state index in [0.29, 0.717) is 6.04 Å². The summed E-state index contributed by atoms with van der Waals surface area (Å²) in [6, 6.07) is 0.821. The normalized spacial score (nSPS) is 23.2. The Labute approximate surface area is 104 Å². The quantitative estimate of drug-likeness (QED) is 0.703. The zero-order chi connectivity index (χ0) is 12.3. The van der Waals surface area contributed by atoms with E-state index in [0.717, 1.165) is 52.4 Å². The Balaban J connectivity index is 1.81. The van der Waals surface area contributed by atoms with Crippen molar-refractivity contribution in [3.8, 4) is 0 Å². The molecule has 0 atom stereocenters. The van der Waals surface area contributed by atoms with Crippen LogP contribution in [-0.2, 0) is 0 Å². The molecule has 1 N–H and O–H groups in total. The summed E-state index contributed by atoms with van der Waals surface area (Å²) in [6.45, 7) is 11.8. The fourth-order valence-corrected chi connectivity index (χ4v) is 2.49. The maximum absolute atomic E-state index is 12.2. The Morgan fingerprint density at radius 1 is 0.941 bits per heavy atom. The molecule has 2 saturated heterocycles. The lowest BCUT2D eigenvalue weighted by molar-refractivity contribution is 0.0962. The van der Waals surface area contributed by atoms with Gasteiger partial charge in [0.1, 0.15) is 0 Å². The maximum Gasteiger partial charge on any atom is 0.320 e. The van der Waals surface area contributed by atoms with Crippen LogP contribution in [0.2, 0.25) is 0 Å². The van der Waals surface area contributed by atoms with Crippen molar-refractivity contribution in [2.45, 2.75) is 19.9 Å². The minimum atomic E-state index is 0.231. The van der Waals surface area contributed by atoms with Crippen LogP contribution in [0, 0.1) is 0 Å². The number of piperazine rings is 2. The van der Waals surface area contributed by atoms with E-state index in [1.165, 1.54) is 0 Å². The lowest BCUT2D eigenvalue weighted by Crippen LogP contribution is -2.57. The van der Waals surface area contributed by atoms with Gasteiger partial charge in [0.05, 0.1) is 0 Å². The number of urea groups is 1. The maximum atomic E-state index is 12.2. The first-order valence-electron chi connectivity index (χ1n) is 6.67. The zero-order valence-corrected chi connectivity index (χ0v) is 11.0. The number of amides is 2. The highest BCUT2D eigenvalue weighted by atomic mass is 16.2. The number of hydrogen-bond donors (Lipinski definition) is 1. The van der Waals surface area contributed by atoms with Gasteiger partial charge in [-0.1, -0.05) is 0 Å². The summed E-state index contributed by atoms with van der Waals surface area (Å²) in [4.78, 5) is 18.6. The van der Waals surface area contributed by atoms with Crippen molar-refractivity contribution in [2.75, 3.05) is 52.4 Å². The van der Waals surface area contributed by atoms with Crippen LogP contribution in [-0.4, -0.2) is 79.1 Å². The van der Waals surface area contributed by atoms with E-state index in [4.69, 9.17) is 0 Å². The number of hydrogen-bond acceptors (Lipinski definition) is 3. The second-order valence-electron chi connectivity index (χ2n) is 5.14. The first kappa shape index (κ1) is 12.6. The van der Waals surface area contributed by atoms with Crippen molar-refractivity contribution in [1.29, 1.82) is 0 Å². The number of carbonyl (C=O) groups excluding carboxylic acids is 1. The summed E-state index contributed by atoms with van der Waals surface area (Å²) < 4.78 is 0. The highest BCUT2D eigenvalue weighted by Crippen LogP contribution is 2.08. The van der Waals surface area contributed by atoms with Crippen LogP contribution in [0.4, 0.5) is 4.79 Å². The minimum absolute atomic E-state index is 0.231. The summed E-state index contributed by atoms with van der Waals surface area (Å²) >= 11 is 0. The van der Waals surface area contributed by atoms with E-state index >= 15 is 0 Å². The second-order valence-corrected chi connectivity index (χ2v) is 5.14. The standard InChI is InChI=1S/C12H24N4O/c1-11(2)14-7-9-16(10-8-14)12(17)15-5-3-13-4-6-15/h11,13H,3-10H2,1-2H3. The molecule has 0 unspecified atom stereocenters. The highest BCUT2D eigenvalue weighted by Gasteiger charge is 2.26. The molecule has 2 aliphatic rings. The molecule has 0 aliphatic carbocycles. The molecule has 0 aromatic rings. The SMILES string of the molecule is CC(C)N1CCN(C(=O)N2CCNCC2)CC1.